The number of carbonyl (C=O) groups is 1. The number of rotatable bonds is 5. The van der Waals surface area contributed by atoms with Gasteiger partial charge >= 0.3 is 0 Å². The highest BCUT2D eigenvalue weighted by Crippen LogP contribution is 2.26. The zero-order chi connectivity index (χ0) is 11.3. The lowest BCUT2D eigenvalue weighted by Gasteiger charge is -2.17. The van der Waals surface area contributed by atoms with E-state index in [0.29, 0.717) is 18.3 Å². The average Bonchev–Trinajstić information content (AvgIpc) is 2.17. The first kappa shape index (κ1) is 12.0. The first-order valence-electron chi connectivity index (χ1n) is 5.63. The Bertz CT molecular complexity index is 298. The Balaban J connectivity index is 2.78. The van der Waals surface area contributed by atoms with Crippen LogP contribution in [0.25, 0.3) is 0 Å². The van der Waals surface area contributed by atoms with E-state index in [4.69, 9.17) is 0 Å². The van der Waals surface area contributed by atoms with E-state index in [-0.39, 0.29) is 0 Å². The van der Waals surface area contributed by atoms with Gasteiger partial charge in [0, 0.05) is 6.42 Å². The van der Waals surface area contributed by atoms with Crippen LogP contribution >= 0.6 is 0 Å². The maximum absolute atomic E-state index is 10.6. The van der Waals surface area contributed by atoms with Crippen LogP contribution < -0.4 is 0 Å². The van der Waals surface area contributed by atoms with Crippen LogP contribution in [0.1, 0.15) is 43.7 Å². The predicted molar refractivity (Wildman–Crippen MR) is 64.1 cm³/mol. The first-order chi connectivity index (χ1) is 7.13. The van der Waals surface area contributed by atoms with Gasteiger partial charge in [0.15, 0.2) is 0 Å². The Labute approximate surface area is 92.5 Å². The van der Waals surface area contributed by atoms with Crippen molar-refractivity contribution < 1.29 is 4.79 Å². The molecule has 0 spiro atoms. The highest BCUT2D eigenvalue weighted by molar-refractivity contribution is 5.51. The van der Waals surface area contributed by atoms with Gasteiger partial charge in [-0.25, -0.2) is 0 Å². The second kappa shape index (κ2) is 5.69. The summed E-state index contributed by atoms with van der Waals surface area (Å²) < 4.78 is 0. The summed E-state index contributed by atoms with van der Waals surface area (Å²) >= 11 is 0. The molecule has 0 amide bonds. The Morgan fingerprint density at radius 2 is 1.80 bits per heavy atom. The summed E-state index contributed by atoms with van der Waals surface area (Å²) in [4.78, 5) is 10.6. The lowest BCUT2D eigenvalue weighted by molar-refractivity contribution is -0.108. The maximum atomic E-state index is 10.6. The lowest BCUT2D eigenvalue weighted by Crippen LogP contribution is -2.03. The van der Waals surface area contributed by atoms with Crippen LogP contribution in [0.3, 0.4) is 0 Å². The van der Waals surface area contributed by atoms with Gasteiger partial charge in [-0.15, -0.1) is 0 Å². The van der Waals surface area contributed by atoms with Gasteiger partial charge < -0.3 is 4.79 Å². The molecule has 1 rings (SSSR count). The Kier molecular flexibility index (Phi) is 4.54. The number of hydrogen-bond donors (Lipinski definition) is 0. The van der Waals surface area contributed by atoms with E-state index in [1.807, 2.05) is 0 Å². The molecule has 1 aromatic carbocycles. The van der Waals surface area contributed by atoms with Crippen molar-refractivity contribution in [2.45, 2.75) is 39.5 Å². The summed E-state index contributed by atoms with van der Waals surface area (Å²) in [5.41, 5.74) is 2.56. The Morgan fingerprint density at radius 1 is 1.20 bits per heavy atom. The minimum absolute atomic E-state index is 0.392. The molecule has 0 aliphatic carbocycles. The molecule has 0 fully saturated rings. The van der Waals surface area contributed by atoms with E-state index in [9.17, 15) is 4.79 Å². The molecule has 1 atom stereocenters. The maximum Gasteiger partial charge on any atom is 0.120 e. The number of aldehydes is 1. The third kappa shape index (κ3) is 3.86. The van der Waals surface area contributed by atoms with Gasteiger partial charge in [-0.05, 0) is 30.7 Å². The van der Waals surface area contributed by atoms with Gasteiger partial charge in [-0.3, -0.25) is 0 Å². The number of hydrogen-bond acceptors (Lipinski definition) is 1. The molecule has 82 valence electrons. The smallest absolute Gasteiger partial charge is 0.120 e. The fraction of sp³-hybridized carbons (Fsp3) is 0.500. The van der Waals surface area contributed by atoms with Crippen molar-refractivity contribution in [2.24, 2.45) is 5.92 Å². The largest absolute Gasteiger partial charge is 0.303 e. The molecular weight excluding hydrogens is 184 g/mol. The molecule has 0 aliphatic heterocycles. The van der Waals surface area contributed by atoms with Crippen LogP contribution in [0.15, 0.2) is 24.3 Å². The average molecular weight is 204 g/mol. The van der Waals surface area contributed by atoms with Crippen LogP contribution in [-0.4, -0.2) is 6.29 Å². The van der Waals surface area contributed by atoms with Crippen molar-refractivity contribution in [2.75, 3.05) is 0 Å². The highest BCUT2D eigenvalue weighted by Gasteiger charge is 2.12. The fourth-order valence-electron chi connectivity index (χ4n) is 1.89. The zero-order valence-corrected chi connectivity index (χ0v) is 9.86. The molecule has 1 unspecified atom stereocenters. The van der Waals surface area contributed by atoms with Crippen LogP contribution in [0.4, 0.5) is 0 Å². The molecular formula is C14H20O. The molecule has 1 aromatic rings. The standard InChI is InChI=1S/C14H20O/c1-11(2)10-14(8-9-15)13-6-4-12(3)5-7-13/h4-7,9,11,14H,8,10H2,1-3H3. The minimum atomic E-state index is 0.392. The van der Waals surface area contributed by atoms with Gasteiger partial charge in [0.05, 0.1) is 0 Å². The molecule has 0 saturated heterocycles. The van der Waals surface area contributed by atoms with Crippen LogP contribution in [0, 0.1) is 12.8 Å². The minimum Gasteiger partial charge on any atom is -0.303 e. The highest BCUT2D eigenvalue weighted by atomic mass is 16.1. The second-order valence-electron chi connectivity index (χ2n) is 4.64. The summed E-state index contributed by atoms with van der Waals surface area (Å²) in [6, 6.07) is 8.53. The predicted octanol–water partition coefficient (Wildman–Crippen LogP) is 3.71. The Morgan fingerprint density at radius 3 is 2.27 bits per heavy atom. The summed E-state index contributed by atoms with van der Waals surface area (Å²) in [5.74, 6) is 1.03. The molecule has 0 bridgehead atoms. The number of aryl methyl sites for hydroxylation is 1. The molecule has 0 N–H and O–H groups in total. The van der Waals surface area contributed by atoms with Crippen LogP contribution in [0.5, 0.6) is 0 Å². The summed E-state index contributed by atoms with van der Waals surface area (Å²) in [7, 11) is 0. The van der Waals surface area contributed by atoms with Crippen molar-refractivity contribution in [1.82, 2.24) is 0 Å². The van der Waals surface area contributed by atoms with Crippen molar-refractivity contribution in [1.29, 1.82) is 0 Å². The first-order valence-corrected chi connectivity index (χ1v) is 5.63. The molecule has 0 radical (unpaired) electrons. The SMILES string of the molecule is Cc1ccc(C(CC=O)CC(C)C)cc1. The normalized spacial score (nSPS) is 12.8. The van der Waals surface area contributed by atoms with Crippen molar-refractivity contribution in [3.8, 4) is 0 Å². The molecule has 0 aromatic heterocycles. The second-order valence-corrected chi connectivity index (χ2v) is 4.64. The van der Waals surface area contributed by atoms with E-state index in [0.717, 1.165) is 12.7 Å². The molecule has 0 aliphatic rings. The summed E-state index contributed by atoms with van der Waals surface area (Å²) in [5, 5.41) is 0. The summed E-state index contributed by atoms with van der Waals surface area (Å²) in [6.07, 6.45) is 2.76. The summed E-state index contributed by atoms with van der Waals surface area (Å²) in [6.45, 7) is 6.49. The third-order valence-electron chi connectivity index (χ3n) is 2.69. The van der Waals surface area contributed by atoms with E-state index in [2.05, 4.69) is 45.0 Å². The van der Waals surface area contributed by atoms with Crippen molar-refractivity contribution in [3.63, 3.8) is 0 Å². The lowest BCUT2D eigenvalue weighted by atomic mass is 9.88. The Hall–Kier alpha value is -1.11. The monoisotopic (exact) mass is 204 g/mol. The van der Waals surface area contributed by atoms with E-state index in [1.54, 1.807) is 0 Å². The van der Waals surface area contributed by atoms with Crippen molar-refractivity contribution in [3.05, 3.63) is 35.4 Å². The zero-order valence-electron chi connectivity index (χ0n) is 9.86. The van der Waals surface area contributed by atoms with E-state index >= 15 is 0 Å². The number of carbonyl (C=O) groups excluding carboxylic acids is 1. The molecule has 1 nitrogen and oxygen atoms in total. The van der Waals surface area contributed by atoms with E-state index in [1.165, 1.54) is 11.1 Å². The van der Waals surface area contributed by atoms with Gasteiger partial charge in [0.1, 0.15) is 6.29 Å². The molecule has 15 heavy (non-hydrogen) atoms. The van der Waals surface area contributed by atoms with E-state index < -0.39 is 0 Å². The third-order valence-corrected chi connectivity index (χ3v) is 2.69. The molecule has 0 saturated carbocycles. The van der Waals surface area contributed by atoms with Crippen LogP contribution in [-0.2, 0) is 4.79 Å². The van der Waals surface area contributed by atoms with Gasteiger partial charge in [0.25, 0.3) is 0 Å². The molecule has 0 heterocycles. The fourth-order valence-corrected chi connectivity index (χ4v) is 1.89. The van der Waals surface area contributed by atoms with Crippen molar-refractivity contribution >= 4 is 6.29 Å². The quantitative estimate of drug-likeness (QED) is 0.668. The number of benzene rings is 1. The van der Waals surface area contributed by atoms with Crippen LogP contribution in [0.2, 0.25) is 0 Å². The van der Waals surface area contributed by atoms with Gasteiger partial charge in [-0.1, -0.05) is 43.7 Å². The van der Waals surface area contributed by atoms with Gasteiger partial charge in [-0.2, -0.15) is 0 Å². The topological polar surface area (TPSA) is 17.1 Å². The molecule has 1 heteroatoms. The van der Waals surface area contributed by atoms with Gasteiger partial charge in [0.2, 0.25) is 0 Å².